The maximum atomic E-state index is 13.5. The van der Waals surface area contributed by atoms with Gasteiger partial charge in [0, 0.05) is 53.2 Å². The van der Waals surface area contributed by atoms with Crippen molar-refractivity contribution in [1.82, 2.24) is 9.97 Å². The minimum absolute atomic E-state index is 0.138. The highest BCUT2D eigenvalue weighted by molar-refractivity contribution is 6.04. The number of aromatic nitrogens is 2. The second kappa shape index (κ2) is 9.59. The van der Waals surface area contributed by atoms with E-state index in [9.17, 15) is 14.0 Å². The van der Waals surface area contributed by atoms with Crippen LogP contribution in [0, 0.1) is 5.82 Å². The molecule has 1 unspecified atom stereocenters. The summed E-state index contributed by atoms with van der Waals surface area (Å²) in [4.78, 5) is 35.2. The van der Waals surface area contributed by atoms with Gasteiger partial charge in [0.25, 0.3) is 5.91 Å². The Balaban J connectivity index is 1.21. The predicted octanol–water partition coefficient (Wildman–Crippen LogP) is 5.86. The molecule has 0 saturated carbocycles. The van der Waals surface area contributed by atoms with Gasteiger partial charge in [-0.25, -0.2) is 9.37 Å². The molecular weight excluding hydrogens is 485 g/mol. The fraction of sp³-hybridized carbons (Fsp3) is 0.172. The number of ether oxygens (including phenoxy) is 1. The zero-order valence-corrected chi connectivity index (χ0v) is 20.6. The van der Waals surface area contributed by atoms with Crippen molar-refractivity contribution in [1.29, 1.82) is 0 Å². The summed E-state index contributed by atoms with van der Waals surface area (Å²) in [6.07, 6.45) is 6.16. The molecule has 2 aromatic carbocycles. The van der Waals surface area contributed by atoms with E-state index in [-0.39, 0.29) is 17.6 Å². The van der Waals surface area contributed by atoms with Crippen molar-refractivity contribution in [3.63, 3.8) is 0 Å². The number of nitrogens with zero attached hydrogens (tertiary/aromatic N) is 3. The lowest BCUT2D eigenvalue weighted by Gasteiger charge is -2.28. The molecule has 38 heavy (non-hydrogen) atoms. The van der Waals surface area contributed by atoms with Crippen LogP contribution in [0.2, 0.25) is 0 Å². The second-order valence-corrected chi connectivity index (χ2v) is 9.30. The fourth-order valence-electron chi connectivity index (χ4n) is 4.83. The van der Waals surface area contributed by atoms with Crippen molar-refractivity contribution in [3.8, 4) is 16.9 Å². The molecule has 8 nitrogen and oxygen atoms in total. The van der Waals surface area contributed by atoms with Crippen molar-refractivity contribution < 1.29 is 18.7 Å². The Bertz CT molecular complexity index is 1570. The Morgan fingerprint density at radius 3 is 2.74 bits per heavy atom. The van der Waals surface area contributed by atoms with Gasteiger partial charge in [-0.15, -0.1) is 0 Å². The molecule has 9 heteroatoms. The van der Waals surface area contributed by atoms with Gasteiger partial charge in [-0.05, 0) is 55.8 Å². The third kappa shape index (κ3) is 4.54. The van der Waals surface area contributed by atoms with Gasteiger partial charge in [0.1, 0.15) is 23.5 Å². The Labute approximate surface area is 218 Å². The van der Waals surface area contributed by atoms with E-state index in [1.807, 2.05) is 31.2 Å². The number of fused-ring (bicyclic) bond motifs is 3. The molecule has 4 heterocycles. The van der Waals surface area contributed by atoms with Crippen molar-refractivity contribution in [3.05, 3.63) is 90.1 Å². The average molecular weight is 510 g/mol. The van der Waals surface area contributed by atoms with Gasteiger partial charge in [-0.1, -0.05) is 6.07 Å². The number of amides is 2. The van der Waals surface area contributed by atoms with Crippen LogP contribution in [0.5, 0.6) is 5.75 Å². The van der Waals surface area contributed by atoms with E-state index in [1.165, 1.54) is 24.4 Å². The molecule has 6 rings (SSSR count). The van der Waals surface area contributed by atoms with E-state index in [2.05, 4.69) is 20.6 Å². The van der Waals surface area contributed by atoms with Gasteiger partial charge < -0.3 is 20.3 Å². The van der Waals surface area contributed by atoms with Crippen LogP contribution in [0.4, 0.5) is 27.3 Å². The van der Waals surface area contributed by atoms with Crippen LogP contribution in [-0.2, 0) is 4.79 Å². The smallest absolute Gasteiger partial charge is 0.255 e. The number of rotatable bonds is 5. The fourth-order valence-corrected chi connectivity index (χ4v) is 4.83. The van der Waals surface area contributed by atoms with Crippen molar-refractivity contribution in [2.45, 2.75) is 25.9 Å². The Kier molecular flexibility index (Phi) is 5.95. The van der Waals surface area contributed by atoms with E-state index in [0.29, 0.717) is 23.6 Å². The summed E-state index contributed by atoms with van der Waals surface area (Å²) in [5, 5.41) is 5.96. The highest BCUT2D eigenvalue weighted by Gasteiger charge is 2.27. The molecule has 2 aromatic heterocycles. The zero-order chi connectivity index (χ0) is 26.2. The number of carbonyl (C=O) groups excluding carboxylic acids is 2. The first-order valence-corrected chi connectivity index (χ1v) is 12.3. The monoisotopic (exact) mass is 509 g/mol. The average Bonchev–Trinajstić information content (AvgIpc) is 3.34. The summed E-state index contributed by atoms with van der Waals surface area (Å²) in [6, 6.07) is 15.0. The van der Waals surface area contributed by atoms with Crippen molar-refractivity contribution in [2.75, 3.05) is 22.1 Å². The topological polar surface area (TPSA) is 96.4 Å². The minimum atomic E-state index is -0.479. The Hall–Kier alpha value is -4.79. The number of nitrogens with one attached hydrogen (secondary N) is 2. The van der Waals surface area contributed by atoms with Crippen LogP contribution < -0.4 is 20.3 Å². The third-order valence-electron chi connectivity index (χ3n) is 6.67. The molecular formula is C29H24FN5O3. The van der Waals surface area contributed by atoms with E-state index in [4.69, 9.17) is 4.74 Å². The van der Waals surface area contributed by atoms with Gasteiger partial charge in [0.15, 0.2) is 0 Å². The summed E-state index contributed by atoms with van der Waals surface area (Å²) >= 11 is 0. The molecule has 0 bridgehead atoms. The number of hydrogen-bond donors (Lipinski definition) is 2. The minimum Gasteiger partial charge on any atom is -0.485 e. The molecule has 2 aliphatic heterocycles. The third-order valence-corrected chi connectivity index (χ3v) is 6.67. The summed E-state index contributed by atoms with van der Waals surface area (Å²) in [7, 11) is 0. The van der Waals surface area contributed by atoms with Gasteiger partial charge in [-0.3, -0.25) is 14.6 Å². The first-order chi connectivity index (χ1) is 18.4. The second-order valence-electron chi connectivity index (χ2n) is 9.30. The van der Waals surface area contributed by atoms with E-state index in [1.54, 1.807) is 29.4 Å². The predicted molar refractivity (Wildman–Crippen MR) is 142 cm³/mol. The lowest BCUT2D eigenvalue weighted by molar-refractivity contribution is -0.117. The van der Waals surface area contributed by atoms with E-state index < -0.39 is 11.7 Å². The summed E-state index contributed by atoms with van der Waals surface area (Å²) in [5.74, 6) is 0.552. The number of pyridine rings is 2. The highest BCUT2D eigenvalue weighted by atomic mass is 19.1. The first kappa shape index (κ1) is 23.6. The normalized spacial score (nSPS) is 15.9. The van der Waals surface area contributed by atoms with Gasteiger partial charge in [0.2, 0.25) is 5.91 Å². The molecule has 1 atom stereocenters. The Morgan fingerprint density at radius 1 is 1.05 bits per heavy atom. The van der Waals surface area contributed by atoms with Crippen LogP contribution in [0.3, 0.4) is 0 Å². The van der Waals surface area contributed by atoms with Crippen molar-refractivity contribution in [2.24, 2.45) is 0 Å². The van der Waals surface area contributed by atoms with E-state index >= 15 is 0 Å². The van der Waals surface area contributed by atoms with Gasteiger partial charge in [0.05, 0.1) is 23.8 Å². The number of carbonyl (C=O) groups is 2. The number of benzene rings is 2. The highest BCUT2D eigenvalue weighted by Crippen LogP contribution is 2.44. The van der Waals surface area contributed by atoms with Crippen LogP contribution in [-0.4, -0.2) is 28.3 Å². The van der Waals surface area contributed by atoms with Gasteiger partial charge >= 0.3 is 0 Å². The number of halogens is 1. The Morgan fingerprint density at radius 2 is 1.92 bits per heavy atom. The van der Waals surface area contributed by atoms with Crippen molar-refractivity contribution >= 4 is 34.7 Å². The summed E-state index contributed by atoms with van der Waals surface area (Å²) < 4.78 is 19.7. The van der Waals surface area contributed by atoms with Crippen LogP contribution in [0.15, 0.2) is 73.2 Å². The molecule has 2 N–H and O–H groups in total. The van der Waals surface area contributed by atoms with Crippen LogP contribution >= 0.6 is 0 Å². The molecule has 2 aliphatic rings. The number of hydrogen-bond acceptors (Lipinski definition) is 6. The zero-order valence-electron chi connectivity index (χ0n) is 20.6. The number of anilines is 4. The van der Waals surface area contributed by atoms with Crippen LogP contribution in [0.25, 0.3) is 11.1 Å². The SMILES string of the molecule is CC1Oc2cc(N3CCCC3=O)ccc2-c2cnc(Nc3cncc(NC(=O)c4cccc(F)c4)c3)cc21. The molecule has 0 radical (unpaired) electrons. The van der Waals surface area contributed by atoms with Crippen LogP contribution in [0.1, 0.15) is 41.8 Å². The first-order valence-electron chi connectivity index (χ1n) is 12.3. The van der Waals surface area contributed by atoms with Gasteiger partial charge in [-0.2, -0.15) is 0 Å². The molecule has 1 saturated heterocycles. The molecule has 190 valence electrons. The summed E-state index contributed by atoms with van der Waals surface area (Å²) in [5.41, 5.74) is 5.02. The lowest BCUT2D eigenvalue weighted by Crippen LogP contribution is -2.24. The summed E-state index contributed by atoms with van der Waals surface area (Å²) in [6.45, 7) is 2.70. The quantitative estimate of drug-likeness (QED) is 0.350. The lowest BCUT2D eigenvalue weighted by atomic mass is 9.94. The molecule has 0 aliphatic carbocycles. The largest absolute Gasteiger partial charge is 0.485 e. The standard InChI is InChI=1S/C29H24FN5O3/c1-17-24-13-27(33-20-11-21(15-31-14-20)34-29(37)18-4-2-5-19(30)10-18)32-16-25(24)23-8-7-22(12-26(23)38-17)35-9-3-6-28(35)36/h2,4-5,7-8,10-17H,3,6,9H2,1H3,(H,32,33)(H,34,37). The van der Waals surface area contributed by atoms with E-state index in [0.717, 1.165) is 41.1 Å². The maximum Gasteiger partial charge on any atom is 0.255 e. The maximum absolute atomic E-state index is 13.5. The molecule has 4 aromatic rings. The molecule has 2 amide bonds. The molecule has 1 fully saturated rings. The molecule has 0 spiro atoms.